The van der Waals surface area contributed by atoms with Crippen LogP contribution in [0.4, 0.5) is 10.5 Å². The van der Waals surface area contributed by atoms with Crippen LogP contribution < -0.4 is 10.2 Å². The first-order valence-corrected chi connectivity index (χ1v) is 7.76. The molecule has 0 bridgehead atoms. The molecular weight excluding hydrogens is 304 g/mol. The smallest absolute Gasteiger partial charge is 0.414 e. The maximum atomic E-state index is 11.9. The van der Waals surface area contributed by atoms with Crippen molar-refractivity contribution in [3.63, 3.8) is 0 Å². The maximum Gasteiger partial charge on any atom is 0.414 e. The maximum absolute atomic E-state index is 11.9. The summed E-state index contributed by atoms with van der Waals surface area (Å²) in [5, 5.41) is 2.76. The molecule has 2 amide bonds. The summed E-state index contributed by atoms with van der Waals surface area (Å²) in [7, 11) is 0. The van der Waals surface area contributed by atoms with Gasteiger partial charge in [-0.1, -0.05) is 48.5 Å². The lowest BCUT2D eigenvalue weighted by Crippen LogP contribution is -2.33. The first-order chi connectivity index (χ1) is 11.7. The molecule has 122 valence electrons. The number of anilines is 1. The number of cyclic esters (lactones) is 1. The molecular formula is C19H18N2O3. The Kier molecular flexibility index (Phi) is 4.91. The van der Waals surface area contributed by atoms with Gasteiger partial charge in [-0.2, -0.15) is 0 Å². The Balaban J connectivity index is 1.50. The van der Waals surface area contributed by atoms with E-state index in [0.29, 0.717) is 6.54 Å². The van der Waals surface area contributed by atoms with E-state index in [2.05, 4.69) is 5.32 Å². The molecule has 1 aliphatic heterocycles. The summed E-state index contributed by atoms with van der Waals surface area (Å²) in [4.78, 5) is 25.3. The summed E-state index contributed by atoms with van der Waals surface area (Å²) in [6.07, 6.45) is 2.47. The minimum absolute atomic E-state index is 0.215. The zero-order valence-corrected chi connectivity index (χ0v) is 13.1. The molecule has 1 N–H and O–H groups in total. The standard InChI is InChI=1S/C19H18N2O3/c22-18(12-11-15-7-3-1-4-8-15)20-13-17-14-21(19(23)24-17)16-9-5-2-6-10-16/h1-12,17H,13-14H2,(H,20,22)/b12-11-/t17-/m0/s1. The van der Waals surface area contributed by atoms with Crippen LogP contribution in [0.2, 0.25) is 0 Å². The van der Waals surface area contributed by atoms with E-state index in [0.717, 1.165) is 11.3 Å². The lowest BCUT2D eigenvalue weighted by molar-refractivity contribution is -0.116. The molecule has 24 heavy (non-hydrogen) atoms. The Bertz CT molecular complexity index is 729. The van der Waals surface area contributed by atoms with Crippen molar-refractivity contribution in [2.45, 2.75) is 6.10 Å². The van der Waals surface area contributed by atoms with E-state index < -0.39 is 0 Å². The average molecular weight is 322 g/mol. The summed E-state index contributed by atoms with van der Waals surface area (Å²) in [5.41, 5.74) is 1.75. The molecule has 1 heterocycles. The third-order valence-electron chi connectivity index (χ3n) is 3.67. The van der Waals surface area contributed by atoms with Gasteiger partial charge >= 0.3 is 6.09 Å². The predicted molar refractivity (Wildman–Crippen MR) is 92.5 cm³/mol. The minimum atomic E-state index is -0.389. The van der Waals surface area contributed by atoms with E-state index in [1.165, 1.54) is 6.08 Å². The highest BCUT2D eigenvalue weighted by molar-refractivity contribution is 5.92. The van der Waals surface area contributed by atoms with Crippen LogP contribution in [0.1, 0.15) is 5.56 Å². The number of hydrogen-bond donors (Lipinski definition) is 1. The predicted octanol–water partition coefficient (Wildman–Crippen LogP) is 2.84. The van der Waals surface area contributed by atoms with Gasteiger partial charge in [0.15, 0.2) is 0 Å². The van der Waals surface area contributed by atoms with Crippen LogP contribution >= 0.6 is 0 Å². The topological polar surface area (TPSA) is 58.6 Å². The zero-order chi connectivity index (χ0) is 16.8. The molecule has 1 saturated heterocycles. The second-order valence-corrected chi connectivity index (χ2v) is 5.44. The van der Waals surface area contributed by atoms with Crippen LogP contribution in [0.3, 0.4) is 0 Å². The average Bonchev–Trinajstić information content (AvgIpc) is 3.00. The molecule has 1 atom stereocenters. The minimum Gasteiger partial charge on any atom is -0.442 e. The number of ether oxygens (including phenoxy) is 1. The van der Waals surface area contributed by atoms with E-state index in [1.807, 2.05) is 60.7 Å². The number of amides is 2. The lowest BCUT2D eigenvalue weighted by atomic mass is 10.2. The van der Waals surface area contributed by atoms with Gasteiger partial charge in [-0.25, -0.2) is 4.79 Å². The SMILES string of the molecule is O=C(/C=C\c1ccccc1)NC[C@H]1CN(c2ccccc2)C(=O)O1. The monoisotopic (exact) mass is 322 g/mol. The molecule has 2 aromatic rings. The third kappa shape index (κ3) is 4.01. The summed E-state index contributed by atoms with van der Waals surface area (Å²) in [6.45, 7) is 0.707. The highest BCUT2D eigenvalue weighted by Gasteiger charge is 2.32. The second-order valence-electron chi connectivity index (χ2n) is 5.44. The van der Waals surface area contributed by atoms with Gasteiger partial charge in [-0.15, -0.1) is 0 Å². The van der Waals surface area contributed by atoms with Crippen LogP contribution in [0.5, 0.6) is 0 Å². The molecule has 2 aromatic carbocycles. The molecule has 0 aromatic heterocycles. The molecule has 0 saturated carbocycles. The fourth-order valence-electron chi connectivity index (χ4n) is 2.46. The highest BCUT2D eigenvalue weighted by atomic mass is 16.6. The Morgan fingerprint density at radius 3 is 2.50 bits per heavy atom. The fraction of sp³-hybridized carbons (Fsp3) is 0.158. The summed E-state index contributed by atoms with van der Waals surface area (Å²) < 4.78 is 5.29. The van der Waals surface area contributed by atoms with Gasteiger partial charge in [-0.05, 0) is 23.8 Å². The van der Waals surface area contributed by atoms with Crippen molar-refractivity contribution in [3.8, 4) is 0 Å². The largest absolute Gasteiger partial charge is 0.442 e. The number of rotatable bonds is 5. The number of para-hydroxylation sites is 1. The quantitative estimate of drug-likeness (QED) is 0.861. The van der Waals surface area contributed by atoms with Gasteiger partial charge in [0.05, 0.1) is 13.1 Å². The number of hydrogen-bond acceptors (Lipinski definition) is 3. The van der Waals surface area contributed by atoms with Crippen LogP contribution in [-0.4, -0.2) is 31.2 Å². The fourth-order valence-corrected chi connectivity index (χ4v) is 2.46. The molecule has 0 aliphatic carbocycles. The van der Waals surface area contributed by atoms with Gasteiger partial charge in [0.25, 0.3) is 0 Å². The van der Waals surface area contributed by atoms with Gasteiger partial charge < -0.3 is 10.1 Å². The normalized spacial score (nSPS) is 17.1. The molecule has 1 aliphatic rings. The van der Waals surface area contributed by atoms with E-state index in [4.69, 9.17) is 4.74 Å². The van der Waals surface area contributed by atoms with Crippen molar-refractivity contribution in [2.24, 2.45) is 0 Å². The van der Waals surface area contributed by atoms with Crippen LogP contribution in [0, 0.1) is 0 Å². The zero-order valence-electron chi connectivity index (χ0n) is 13.1. The Hall–Kier alpha value is -3.08. The third-order valence-corrected chi connectivity index (χ3v) is 3.67. The molecule has 0 unspecified atom stereocenters. The lowest BCUT2D eigenvalue weighted by Gasteiger charge is -2.12. The molecule has 5 heteroatoms. The van der Waals surface area contributed by atoms with Crippen molar-refractivity contribution >= 4 is 23.8 Å². The number of nitrogens with one attached hydrogen (secondary N) is 1. The molecule has 0 spiro atoms. The van der Waals surface area contributed by atoms with Gasteiger partial charge in [0.2, 0.25) is 5.91 Å². The Morgan fingerprint density at radius 1 is 1.12 bits per heavy atom. The van der Waals surface area contributed by atoms with E-state index >= 15 is 0 Å². The first-order valence-electron chi connectivity index (χ1n) is 7.76. The number of carbonyl (C=O) groups excluding carboxylic acids is 2. The van der Waals surface area contributed by atoms with Crippen molar-refractivity contribution in [1.82, 2.24) is 5.32 Å². The molecule has 0 radical (unpaired) electrons. The van der Waals surface area contributed by atoms with Crippen LogP contribution in [0.25, 0.3) is 6.08 Å². The second kappa shape index (κ2) is 7.46. The molecule has 3 rings (SSSR count). The summed E-state index contributed by atoms with van der Waals surface area (Å²) >= 11 is 0. The Labute approximate surface area is 140 Å². The number of benzene rings is 2. The summed E-state index contributed by atoms with van der Waals surface area (Å²) in [5.74, 6) is -0.215. The highest BCUT2D eigenvalue weighted by Crippen LogP contribution is 2.20. The Morgan fingerprint density at radius 2 is 1.79 bits per heavy atom. The van der Waals surface area contributed by atoms with Crippen molar-refractivity contribution in [1.29, 1.82) is 0 Å². The van der Waals surface area contributed by atoms with Gasteiger partial charge in [0, 0.05) is 11.8 Å². The number of carbonyl (C=O) groups is 2. The molecule has 1 fully saturated rings. The van der Waals surface area contributed by atoms with E-state index in [-0.39, 0.29) is 24.6 Å². The van der Waals surface area contributed by atoms with Crippen molar-refractivity contribution in [3.05, 3.63) is 72.3 Å². The van der Waals surface area contributed by atoms with E-state index in [9.17, 15) is 9.59 Å². The number of nitrogens with zero attached hydrogens (tertiary/aromatic N) is 1. The summed E-state index contributed by atoms with van der Waals surface area (Å²) in [6, 6.07) is 18.9. The van der Waals surface area contributed by atoms with Crippen LogP contribution in [-0.2, 0) is 9.53 Å². The first kappa shape index (κ1) is 15.8. The molecule has 5 nitrogen and oxygen atoms in total. The van der Waals surface area contributed by atoms with Gasteiger partial charge in [-0.3, -0.25) is 9.69 Å². The van der Waals surface area contributed by atoms with E-state index in [1.54, 1.807) is 11.0 Å². The van der Waals surface area contributed by atoms with Crippen molar-refractivity contribution in [2.75, 3.05) is 18.0 Å². The van der Waals surface area contributed by atoms with Crippen LogP contribution in [0.15, 0.2) is 66.7 Å². The van der Waals surface area contributed by atoms with Gasteiger partial charge in [0.1, 0.15) is 6.10 Å². The van der Waals surface area contributed by atoms with Crippen molar-refractivity contribution < 1.29 is 14.3 Å².